The van der Waals surface area contributed by atoms with E-state index in [4.69, 9.17) is 10.8 Å². The molecular formula is C5H11N3O5S. The topological polar surface area (TPSA) is 139 Å². The monoisotopic (exact) mass is 225 g/mol. The van der Waals surface area contributed by atoms with Gasteiger partial charge in [0.15, 0.2) is 5.75 Å². The highest BCUT2D eigenvalue weighted by atomic mass is 32.2. The van der Waals surface area contributed by atoms with Crippen molar-refractivity contribution >= 4 is 22.0 Å². The van der Waals surface area contributed by atoms with E-state index in [1.807, 2.05) is 4.72 Å². The minimum absolute atomic E-state index is 0.00812. The molecule has 0 aromatic heterocycles. The number of sulfonamides is 1. The molecule has 0 fully saturated rings. The zero-order valence-corrected chi connectivity index (χ0v) is 8.00. The number of carboxylic acids is 1. The van der Waals surface area contributed by atoms with Gasteiger partial charge >= 0.3 is 12.0 Å². The van der Waals surface area contributed by atoms with Gasteiger partial charge in [-0.15, -0.1) is 0 Å². The minimum atomic E-state index is -3.82. The van der Waals surface area contributed by atoms with Gasteiger partial charge in [-0.2, -0.15) is 0 Å². The fourth-order valence-electron chi connectivity index (χ4n) is 0.606. The second-order valence-electron chi connectivity index (χ2n) is 2.34. The van der Waals surface area contributed by atoms with E-state index in [0.717, 1.165) is 0 Å². The summed E-state index contributed by atoms with van der Waals surface area (Å²) in [6, 6.07) is -0.776. The van der Waals surface area contributed by atoms with Crippen LogP contribution >= 0.6 is 0 Å². The predicted molar refractivity (Wildman–Crippen MR) is 47.0 cm³/mol. The number of aliphatic carboxylic acids is 1. The molecule has 0 unspecified atom stereocenters. The zero-order valence-electron chi connectivity index (χ0n) is 7.19. The summed E-state index contributed by atoms with van der Waals surface area (Å²) in [6.45, 7) is -0.0905. The van der Waals surface area contributed by atoms with Crippen molar-refractivity contribution < 1.29 is 23.1 Å². The minimum Gasteiger partial charge on any atom is -0.480 e. The highest BCUT2D eigenvalue weighted by Crippen LogP contribution is 1.82. The Kier molecular flexibility index (Phi) is 4.87. The number of rotatable bonds is 6. The summed E-state index contributed by atoms with van der Waals surface area (Å²) >= 11 is 0. The molecule has 5 N–H and O–H groups in total. The van der Waals surface area contributed by atoms with Gasteiger partial charge in [-0.05, 0) is 0 Å². The number of amides is 2. The second kappa shape index (κ2) is 5.40. The van der Waals surface area contributed by atoms with Crippen molar-refractivity contribution in [3.8, 4) is 0 Å². The Bertz CT molecular complexity index is 311. The average Bonchev–Trinajstić information content (AvgIpc) is 1.95. The molecule has 0 aromatic rings. The van der Waals surface area contributed by atoms with Gasteiger partial charge in [0, 0.05) is 13.1 Å². The molecular weight excluding hydrogens is 214 g/mol. The zero-order chi connectivity index (χ0) is 11.2. The maximum Gasteiger partial charge on any atom is 0.320 e. The van der Waals surface area contributed by atoms with Crippen LogP contribution in [0.15, 0.2) is 0 Å². The van der Waals surface area contributed by atoms with Gasteiger partial charge in [0.1, 0.15) is 0 Å². The van der Waals surface area contributed by atoms with E-state index in [0.29, 0.717) is 0 Å². The van der Waals surface area contributed by atoms with Crippen LogP contribution in [0.25, 0.3) is 0 Å². The van der Waals surface area contributed by atoms with Crippen LogP contribution in [0.4, 0.5) is 4.79 Å². The molecule has 8 nitrogen and oxygen atoms in total. The van der Waals surface area contributed by atoms with E-state index in [1.54, 1.807) is 0 Å². The maximum absolute atomic E-state index is 10.8. The van der Waals surface area contributed by atoms with Gasteiger partial charge in [0.25, 0.3) is 0 Å². The highest BCUT2D eigenvalue weighted by Gasteiger charge is 2.14. The third kappa shape index (κ3) is 7.31. The van der Waals surface area contributed by atoms with Crippen LogP contribution in [0.5, 0.6) is 0 Å². The van der Waals surface area contributed by atoms with Gasteiger partial charge in [-0.3, -0.25) is 4.79 Å². The van der Waals surface area contributed by atoms with Crippen LogP contribution in [-0.2, 0) is 14.8 Å². The molecule has 0 radical (unpaired) electrons. The van der Waals surface area contributed by atoms with Crippen LogP contribution < -0.4 is 15.8 Å². The summed E-state index contributed by atoms with van der Waals surface area (Å²) in [7, 11) is -3.82. The summed E-state index contributed by atoms with van der Waals surface area (Å²) in [5, 5.41) is 10.3. The summed E-state index contributed by atoms with van der Waals surface area (Å²) < 4.78 is 23.7. The first-order chi connectivity index (χ1) is 6.33. The normalized spacial score (nSPS) is 10.9. The molecule has 0 saturated carbocycles. The molecule has 0 saturated heterocycles. The molecule has 0 aliphatic rings. The third-order valence-corrected chi connectivity index (χ3v) is 2.33. The lowest BCUT2D eigenvalue weighted by molar-refractivity contribution is -0.134. The van der Waals surface area contributed by atoms with E-state index < -0.39 is 27.8 Å². The van der Waals surface area contributed by atoms with Gasteiger partial charge in [0.2, 0.25) is 10.0 Å². The van der Waals surface area contributed by atoms with E-state index in [1.165, 1.54) is 0 Å². The van der Waals surface area contributed by atoms with Gasteiger partial charge < -0.3 is 16.2 Å². The average molecular weight is 225 g/mol. The first-order valence-electron chi connectivity index (χ1n) is 3.56. The Balaban J connectivity index is 3.78. The Morgan fingerprint density at radius 3 is 2.29 bits per heavy atom. The fraction of sp³-hybridized carbons (Fsp3) is 0.600. The molecule has 0 bridgehead atoms. The van der Waals surface area contributed by atoms with Gasteiger partial charge in [-0.1, -0.05) is 0 Å². The van der Waals surface area contributed by atoms with Gasteiger partial charge in [0.05, 0.1) is 0 Å². The first-order valence-corrected chi connectivity index (χ1v) is 5.21. The number of carbonyl (C=O) groups excluding carboxylic acids is 1. The number of nitrogens with two attached hydrogens (primary N) is 1. The standard InChI is InChI=1S/C5H11N3O5S/c6-5(11)7-1-2-8-14(12,13)3-4(9)10/h8H,1-3H2,(H,9,10)(H3,6,7,11). The molecule has 0 heterocycles. The molecule has 82 valence electrons. The van der Waals surface area contributed by atoms with Crippen molar-refractivity contribution in [2.45, 2.75) is 0 Å². The van der Waals surface area contributed by atoms with E-state index in [9.17, 15) is 18.0 Å². The van der Waals surface area contributed by atoms with Crippen LogP contribution in [-0.4, -0.2) is 44.4 Å². The van der Waals surface area contributed by atoms with Crippen LogP contribution in [0.3, 0.4) is 0 Å². The van der Waals surface area contributed by atoms with Crippen molar-refractivity contribution in [1.82, 2.24) is 10.0 Å². The van der Waals surface area contributed by atoms with Crippen molar-refractivity contribution in [3.63, 3.8) is 0 Å². The Labute approximate surface area is 80.5 Å². The van der Waals surface area contributed by atoms with Gasteiger partial charge in [-0.25, -0.2) is 17.9 Å². The Morgan fingerprint density at radius 2 is 1.86 bits per heavy atom. The molecule has 0 aliphatic heterocycles. The van der Waals surface area contributed by atoms with Crippen molar-refractivity contribution in [3.05, 3.63) is 0 Å². The summed E-state index contributed by atoms with van der Waals surface area (Å²) in [5.74, 6) is -2.44. The first kappa shape index (κ1) is 12.7. The van der Waals surface area contributed by atoms with Crippen LogP contribution in [0.2, 0.25) is 0 Å². The highest BCUT2D eigenvalue weighted by molar-refractivity contribution is 7.90. The van der Waals surface area contributed by atoms with Crippen LogP contribution in [0.1, 0.15) is 0 Å². The van der Waals surface area contributed by atoms with E-state index >= 15 is 0 Å². The molecule has 0 aliphatic carbocycles. The number of nitrogens with one attached hydrogen (secondary N) is 2. The summed E-state index contributed by atoms with van der Waals surface area (Å²) in [4.78, 5) is 20.2. The van der Waals surface area contributed by atoms with E-state index in [-0.39, 0.29) is 13.1 Å². The Hall–Kier alpha value is -1.35. The number of carbonyl (C=O) groups is 2. The van der Waals surface area contributed by atoms with Crippen LogP contribution in [0, 0.1) is 0 Å². The molecule has 0 rings (SSSR count). The lowest BCUT2D eigenvalue weighted by atomic mass is 10.6. The van der Waals surface area contributed by atoms with Crippen molar-refractivity contribution in [2.24, 2.45) is 5.73 Å². The summed E-state index contributed by atoms with van der Waals surface area (Å²) in [6.07, 6.45) is 0. The quantitative estimate of drug-likeness (QED) is 0.375. The predicted octanol–water partition coefficient (Wildman–Crippen LogP) is -2.34. The SMILES string of the molecule is NC(=O)NCCNS(=O)(=O)CC(=O)O. The number of carboxylic acid groups (broad SMARTS) is 1. The largest absolute Gasteiger partial charge is 0.480 e. The smallest absolute Gasteiger partial charge is 0.320 e. The number of hydrogen-bond donors (Lipinski definition) is 4. The fourth-order valence-corrected chi connectivity index (χ4v) is 1.45. The summed E-state index contributed by atoms with van der Waals surface area (Å²) in [5.41, 5.74) is 4.70. The lowest BCUT2D eigenvalue weighted by Crippen LogP contribution is -2.38. The number of hydrogen-bond acceptors (Lipinski definition) is 4. The molecule has 0 aromatic carbocycles. The number of primary amides is 1. The second-order valence-corrected chi connectivity index (χ2v) is 4.15. The lowest BCUT2D eigenvalue weighted by Gasteiger charge is -2.04. The molecule has 0 spiro atoms. The Morgan fingerprint density at radius 1 is 1.29 bits per heavy atom. The third-order valence-electron chi connectivity index (χ3n) is 1.06. The molecule has 0 atom stereocenters. The molecule has 9 heteroatoms. The number of urea groups is 1. The van der Waals surface area contributed by atoms with E-state index in [2.05, 4.69) is 5.32 Å². The maximum atomic E-state index is 10.8. The van der Waals surface area contributed by atoms with Crippen molar-refractivity contribution in [1.29, 1.82) is 0 Å². The van der Waals surface area contributed by atoms with Crippen molar-refractivity contribution in [2.75, 3.05) is 18.8 Å². The molecule has 14 heavy (non-hydrogen) atoms. The molecule has 2 amide bonds.